The van der Waals surface area contributed by atoms with Gasteiger partial charge in [-0.2, -0.15) is 13.2 Å². The average Bonchev–Trinajstić information content (AvgIpc) is 2.48. The molecule has 0 heterocycles. The molecule has 0 unspecified atom stereocenters. The maximum atomic E-state index is 12.3. The molecule has 0 aromatic heterocycles. The molecule has 2 aromatic carbocycles. The average molecular weight is 341 g/mol. The van der Waals surface area contributed by atoms with Crippen molar-refractivity contribution in [3.05, 3.63) is 65.2 Å². The van der Waals surface area contributed by atoms with Crippen LogP contribution in [0.2, 0.25) is 0 Å². The first kappa shape index (κ1) is 17.8. The molecule has 0 atom stereocenters. The molecule has 0 radical (unpaired) electrons. The van der Waals surface area contributed by atoms with E-state index in [1.165, 1.54) is 12.1 Å². The van der Waals surface area contributed by atoms with E-state index in [1.807, 2.05) is 18.2 Å². The fourth-order valence-electron chi connectivity index (χ4n) is 2.16. The Kier molecular flexibility index (Phi) is 6.50. The van der Waals surface area contributed by atoms with Gasteiger partial charge in [0.25, 0.3) is 0 Å². The van der Waals surface area contributed by atoms with E-state index in [2.05, 4.69) is 11.4 Å². The molecule has 0 bridgehead atoms. The SMILES string of the molecule is COCc1cccc(CNCc2ccc(SC(F)(F)F)cc2)c1. The molecule has 0 saturated carbocycles. The minimum absolute atomic E-state index is 0.0959. The molecule has 0 amide bonds. The number of benzene rings is 2. The lowest BCUT2D eigenvalue weighted by atomic mass is 10.1. The van der Waals surface area contributed by atoms with E-state index in [9.17, 15) is 13.2 Å². The highest BCUT2D eigenvalue weighted by Crippen LogP contribution is 2.36. The van der Waals surface area contributed by atoms with Gasteiger partial charge in [-0.3, -0.25) is 0 Å². The summed E-state index contributed by atoms with van der Waals surface area (Å²) in [5, 5.41) is 3.29. The van der Waals surface area contributed by atoms with Gasteiger partial charge in [0.05, 0.1) is 6.61 Å². The zero-order valence-corrected chi connectivity index (χ0v) is 13.5. The third-order valence-electron chi connectivity index (χ3n) is 3.12. The van der Waals surface area contributed by atoms with Gasteiger partial charge < -0.3 is 10.1 Å². The Balaban J connectivity index is 1.83. The van der Waals surface area contributed by atoms with Crippen molar-refractivity contribution in [2.45, 2.75) is 30.1 Å². The quantitative estimate of drug-likeness (QED) is 0.735. The predicted molar refractivity (Wildman–Crippen MR) is 86.1 cm³/mol. The molecule has 1 N–H and O–H groups in total. The number of methoxy groups -OCH3 is 1. The first-order valence-corrected chi connectivity index (χ1v) is 7.90. The van der Waals surface area contributed by atoms with Gasteiger partial charge in [0.2, 0.25) is 0 Å². The van der Waals surface area contributed by atoms with E-state index < -0.39 is 5.51 Å². The van der Waals surface area contributed by atoms with Crippen molar-refractivity contribution < 1.29 is 17.9 Å². The molecule has 124 valence electrons. The second kappa shape index (κ2) is 8.38. The van der Waals surface area contributed by atoms with Crippen LogP contribution in [0.5, 0.6) is 0 Å². The van der Waals surface area contributed by atoms with Crippen LogP contribution in [0, 0.1) is 0 Å². The zero-order chi connectivity index (χ0) is 16.7. The summed E-state index contributed by atoms with van der Waals surface area (Å²) in [7, 11) is 1.66. The lowest BCUT2D eigenvalue weighted by molar-refractivity contribution is -0.0328. The van der Waals surface area contributed by atoms with E-state index in [0.717, 1.165) is 16.7 Å². The topological polar surface area (TPSA) is 21.3 Å². The molecule has 0 aliphatic carbocycles. The molecule has 0 fully saturated rings. The Morgan fingerprint density at radius 3 is 2.26 bits per heavy atom. The normalized spacial score (nSPS) is 11.7. The Morgan fingerprint density at radius 1 is 0.957 bits per heavy atom. The summed E-state index contributed by atoms with van der Waals surface area (Å²) in [6, 6.07) is 14.5. The fraction of sp³-hybridized carbons (Fsp3) is 0.294. The molecule has 2 nitrogen and oxygen atoms in total. The van der Waals surface area contributed by atoms with E-state index in [1.54, 1.807) is 19.2 Å². The third kappa shape index (κ3) is 6.64. The van der Waals surface area contributed by atoms with E-state index >= 15 is 0 Å². The molecule has 0 aliphatic rings. The van der Waals surface area contributed by atoms with Crippen LogP contribution >= 0.6 is 11.8 Å². The minimum atomic E-state index is -4.24. The molecular weight excluding hydrogens is 323 g/mol. The summed E-state index contributed by atoms with van der Waals surface area (Å²) in [5.41, 5.74) is -1.04. The fourth-order valence-corrected chi connectivity index (χ4v) is 2.70. The van der Waals surface area contributed by atoms with Crippen molar-refractivity contribution in [2.24, 2.45) is 0 Å². The van der Waals surface area contributed by atoms with Crippen molar-refractivity contribution in [1.82, 2.24) is 5.32 Å². The molecular formula is C17H18F3NOS. The smallest absolute Gasteiger partial charge is 0.380 e. The summed E-state index contributed by atoms with van der Waals surface area (Å²) in [4.78, 5) is 0.202. The van der Waals surface area contributed by atoms with Gasteiger partial charge in [0.15, 0.2) is 0 Å². The lowest BCUT2D eigenvalue weighted by Gasteiger charge is -2.09. The number of thioether (sulfide) groups is 1. The number of alkyl halides is 3. The summed E-state index contributed by atoms with van der Waals surface area (Å²) in [6.07, 6.45) is 0. The van der Waals surface area contributed by atoms with E-state index in [4.69, 9.17) is 4.74 Å². The van der Waals surface area contributed by atoms with Crippen molar-refractivity contribution >= 4 is 11.8 Å². The number of hydrogen-bond acceptors (Lipinski definition) is 3. The number of rotatable bonds is 7. The summed E-state index contributed by atoms with van der Waals surface area (Å²) < 4.78 is 41.9. The summed E-state index contributed by atoms with van der Waals surface area (Å²) in [5.74, 6) is 0. The van der Waals surface area contributed by atoms with Gasteiger partial charge in [-0.1, -0.05) is 36.4 Å². The first-order valence-electron chi connectivity index (χ1n) is 7.08. The maximum Gasteiger partial charge on any atom is 0.446 e. The molecule has 0 spiro atoms. The molecule has 23 heavy (non-hydrogen) atoms. The van der Waals surface area contributed by atoms with Gasteiger partial charge in [-0.25, -0.2) is 0 Å². The molecule has 6 heteroatoms. The highest BCUT2D eigenvalue weighted by molar-refractivity contribution is 8.00. The second-order valence-corrected chi connectivity index (χ2v) is 6.19. The Hall–Kier alpha value is -1.50. The van der Waals surface area contributed by atoms with Crippen LogP contribution in [0.3, 0.4) is 0 Å². The number of nitrogens with one attached hydrogen (secondary N) is 1. The van der Waals surface area contributed by atoms with Crippen molar-refractivity contribution in [1.29, 1.82) is 0 Å². The zero-order valence-electron chi connectivity index (χ0n) is 12.7. The largest absolute Gasteiger partial charge is 0.446 e. The number of hydrogen-bond donors (Lipinski definition) is 1. The van der Waals surface area contributed by atoms with Crippen LogP contribution in [0.25, 0.3) is 0 Å². The number of ether oxygens (including phenoxy) is 1. The summed E-state index contributed by atoms with van der Waals surface area (Å²) in [6.45, 7) is 1.87. The van der Waals surface area contributed by atoms with Crippen LogP contribution < -0.4 is 5.32 Å². The van der Waals surface area contributed by atoms with Gasteiger partial charge in [-0.15, -0.1) is 0 Å². The second-order valence-electron chi connectivity index (χ2n) is 5.05. The first-order chi connectivity index (χ1) is 11.0. The minimum Gasteiger partial charge on any atom is -0.380 e. The van der Waals surface area contributed by atoms with Crippen LogP contribution in [-0.2, 0) is 24.4 Å². The van der Waals surface area contributed by atoms with E-state index in [0.29, 0.717) is 19.7 Å². The van der Waals surface area contributed by atoms with Gasteiger partial charge in [0, 0.05) is 25.1 Å². The van der Waals surface area contributed by atoms with Crippen LogP contribution in [0.4, 0.5) is 13.2 Å². The Morgan fingerprint density at radius 2 is 1.61 bits per heavy atom. The highest BCUT2D eigenvalue weighted by Gasteiger charge is 2.28. The van der Waals surface area contributed by atoms with Crippen LogP contribution in [0.15, 0.2) is 53.4 Å². The predicted octanol–water partition coefficient (Wildman–Crippen LogP) is 4.73. The lowest BCUT2D eigenvalue weighted by Crippen LogP contribution is -2.12. The molecule has 2 rings (SSSR count). The van der Waals surface area contributed by atoms with Gasteiger partial charge in [-0.05, 0) is 40.6 Å². The van der Waals surface area contributed by atoms with Crippen LogP contribution in [0.1, 0.15) is 16.7 Å². The monoisotopic (exact) mass is 341 g/mol. The summed E-state index contributed by atoms with van der Waals surface area (Å²) >= 11 is -0.0959. The maximum absolute atomic E-state index is 12.3. The molecule has 0 saturated heterocycles. The third-order valence-corrected chi connectivity index (χ3v) is 3.86. The highest BCUT2D eigenvalue weighted by atomic mass is 32.2. The van der Waals surface area contributed by atoms with Crippen LogP contribution in [-0.4, -0.2) is 12.6 Å². The Bertz CT molecular complexity index is 614. The van der Waals surface area contributed by atoms with Gasteiger partial charge >= 0.3 is 5.51 Å². The van der Waals surface area contributed by atoms with Gasteiger partial charge in [0.1, 0.15) is 0 Å². The standard InChI is InChI=1S/C17H18F3NOS/c1-22-12-15-4-2-3-14(9-15)11-21-10-13-5-7-16(8-6-13)23-17(18,19)20/h2-9,21H,10-12H2,1H3. The molecule has 0 aliphatic heterocycles. The van der Waals surface area contributed by atoms with Crippen molar-refractivity contribution in [3.63, 3.8) is 0 Å². The van der Waals surface area contributed by atoms with Crippen molar-refractivity contribution in [2.75, 3.05) is 7.11 Å². The van der Waals surface area contributed by atoms with Crippen molar-refractivity contribution in [3.8, 4) is 0 Å². The number of halogens is 3. The van der Waals surface area contributed by atoms with E-state index in [-0.39, 0.29) is 16.7 Å². The Labute approximate surface area is 138 Å². The molecule has 2 aromatic rings.